The maximum absolute atomic E-state index is 12.5. The largest absolute Gasteiger partial charge is 0.390 e. The molecule has 122 valence electrons. The van der Waals surface area contributed by atoms with E-state index in [1.165, 1.54) is 0 Å². The van der Waals surface area contributed by atoms with Gasteiger partial charge < -0.3 is 20.8 Å². The molecule has 3 N–H and O–H groups in total. The Kier molecular flexibility index (Phi) is 4.45. The molecule has 7 nitrogen and oxygen atoms in total. The predicted octanol–water partition coefficient (Wildman–Crippen LogP) is 0.402. The van der Waals surface area contributed by atoms with Crippen molar-refractivity contribution in [2.24, 2.45) is 10.9 Å². The van der Waals surface area contributed by atoms with E-state index in [2.05, 4.69) is 15.4 Å². The summed E-state index contributed by atoms with van der Waals surface area (Å²) in [7, 11) is 0. The first-order valence-corrected chi connectivity index (χ1v) is 7.77. The van der Waals surface area contributed by atoms with Gasteiger partial charge in [-0.15, -0.1) is 0 Å². The van der Waals surface area contributed by atoms with Crippen molar-refractivity contribution in [2.75, 3.05) is 18.0 Å². The van der Waals surface area contributed by atoms with Crippen molar-refractivity contribution >= 4 is 23.2 Å². The fourth-order valence-electron chi connectivity index (χ4n) is 2.98. The number of para-hydroxylation sites is 1. The number of nitrogens with one attached hydrogen (secondary N) is 1. The van der Waals surface area contributed by atoms with Crippen molar-refractivity contribution in [1.29, 1.82) is 0 Å². The molecule has 0 saturated carbocycles. The van der Waals surface area contributed by atoms with Crippen molar-refractivity contribution in [3.8, 4) is 0 Å². The lowest BCUT2D eigenvalue weighted by Gasteiger charge is -2.26. The third kappa shape index (κ3) is 3.44. The van der Waals surface area contributed by atoms with Crippen LogP contribution < -0.4 is 16.0 Å². The Bertz CT molecular complexity index is 617. The second-order valence-electron chi connectivity index (χ2n) is 5.77. The Morgan fingerprint density at radius 3 is 2.83 bits per heavy atom. The van der Waals surface area contributed by atoms with E-state index in [0.29, 0.717) is 13.0 Å². The van der Waals surface area contributed by atoms with Gasteiger partial charge in [-0.05, 0) is 25.0 Å². The second kappa shape index (κ2) is 6.68. The van der Waals surface area contributed by atoms with E-state index in [9.17, 15) is 9.59 Å². The molecule has 1 fully saturated rings. The molecule has 2 aliphatic heterocycles. The van der Waals surface area contributed by atoms with Crippen LogP contribution in [0.3, 0.4) is 0 Å². The highest BCUT2D eigenvalue weighted by Gasteiger charge is 2.32. The normalized spacial score (nSPS) is 23.3. The summed E-state index contributed by atoms with van der Waals surface area (Å²) in [5.74, 6) is -0.604. The minimum atomic E-state index is -0.579. The molecule has 2 unspecified atom stereocenters. The Morgan fingerprint density at radius 1 is 1.35 bits per heavy atom. The minimum absolute atomic E-state index is 0.0255. The minimum Gasteiger partial charge on any atom is -0.390 e. The number of anilines is 1. The molecular weight excluding hydrogens is 296 g/mol. The number of primary amides is 1. The molecule has 2 aliphatic rings. The van der Waals surface area contributed by atoms with Crippen molar-refractivity contribution in [3.63, 3.8) is 0 Å². The van der Waals surface area contributed by atoms with E-state index in [4.69, 9.17) is 10.6 Å². The van der Waals surface area contributed by atoms with E-state index in [0.717, 1.165) is 25.1 Å². The lowest BCUT2D eigenvalue weighted by molar-refractivity contribution is -0.122. The second-order valence-corrected chi connectivity index (χ2v) is 5.77. The van der Waals surface area contributed by atoms with Crippen molar-refractivity contribution in [3.05, 3.63) is 30.3 Å². The van der Waals surface area contributed by atoms with Crippen LogP contribution in [0.15, 0.2) is 35.5 Å². The molecule has 0 spiro atoms. The molecule has 2 heterocycles. The summed E-state index contributed by atoms with van der Waals surface area (Å²) in [6.45, 7) is 1.19. The maximum Gasteiger partial charge on any atom is 0.266 e. The number of rotatable bonds is 5. The summed E-state index contributed by atoms with van der Waals surface area (Å²) in [6.07, 6.45) is 1.83. The Morgan fingerprint density at radius 2 is 2.13 bits per heavy atom. The first-order chi connectivity index (χ1) is 11.1. The molecule has 1 aromatic carbocycles. The fraction of sp³-hybridized carbons (Fsp3) is 0.438. The molecule has 3 rings (SSSR count). The van der Waals surface area contributed by atoms with E-state index in [1.54, 1.807) is 0 Å². The SMILES string of the molecule is NC(=O)C1=NOC(CNC(=O)C2CCCN2c2ccccc2)C1. The number of carbonyl (C=O) groups excluding carboxylic acids is 2. The lowest BCUT2D eigenvalue weighted by atomic mass is 10.1. The van der Waals surface area contributed by atoms with Crippen LogP contribution in [-0.4, -0.2) is 42.8 Å². The number of amides is 2. The first kappa shape index (κ1) is 15.3. The molecule has 0 aromatic heterocycles. The number of benzene rings is 1. The summed E-state index contributed by atoms with van der Waals surface area (Å²) in [5.41, 5.74) is 6.43. The molecule has 7 heteroatoms. The van der Waals surface area contributed by atoms with Gasteiger partial charge in [-0.3, -0.25) is 9.59 Å². The molecule has 0 bridgehead atoms. The monoisotopic (exact) mass is 316 g/mol. The van der Waals surface area contributed by atoms with Crippen molar-refractivity contribution < 1.29 is 14.4 Å². The number of carbonyl (C=O) groups is 2. The van der Waals surface area contributed by atoms with Gasteiger partial charge in [0, 0.05) is 18.7 Å². The molecule has 1 saturated heterocycles. The van der Waals surface area contributed by atoms with Crippen LogP contribution in [0.4, 0.5) is 5.69 Å². The highest BCUT2D eigenvalue weighted by Crippen LogP contribution is 2.25. The zero-order chi connectivity index (χ0) is 16.2. The Labute approximate surface area is 134 Å². The highest BCUT2D eigenvalue weighted by atomic mass is 16.6. The van der Waals surface area contributed by atoms with Gasteiger partial charge in [0.25, 0.3) is 5.91 Å². The molecule has 1 aromatic rings. The predicted molar refractivity (Wildman–Crippen MR) is 85.9 cm³/mol. The van der Waals surface area contributed by atoms with Gasteiger partial charge in [0.2, 0.25) is 5.91 Å². The molecule has 2 amide bonds. The number of hydrogen-bond donors (Lipinski definition) is 2. The maximum atomic E-state index is 12.5. The number of nitrogens with two attached hydrogens (primary N) is 1. The molecule has 23 heavy (non-hydrogen) atoms. The summed E-state index contributed by atoms with van der Waals surface area (Å²) in [4.78, 5) is 30.7. The fourth-order valence-corrected chi connectivity index (χ4v) is 2.98. The van der Waals surface area contributed by atoms with E-state index >= 15 is 0 Å². The van der Waals surface area contributed by atoms with Crippen LogP contribution in [0.2, 0.25) is 0 Å². The first-order valence-electron chi connectivity index (χ1n) is 7.77. The van der Waals surface area contributed by atoms with Gasteiger partial charge in [0.15, 0.2) is 6.10 Å². The standard InChI is InChI=1S/C16H20N4O3/c17-15(21)13-9-12(23-19-13)10-18-16(22)14-7-4-8-20(14)11-5-2-1-3-6-11/h1-3,5-6,12,14H,4,7-10H2,(H2,17,21)(H,18,22). The van der Waals surface area contributed by atoms with Gasteiger partial charge in [-0.1, -0.05) is 23.4 Å². The molecule has 2 atom stereocenters. The van der Waals surface area contributed by atoms with E-state index in [1.807, 2.05) is 30.3 Å². The van der Waals surface area contributed by atoms with Gasteiger partial charge in [-0.2, -0.15) is 0 Å². The summed E-state index contributed by atoms with van der Waals surface area (Å²) >= 11 is 0. The van der Waals surface area contributed by atoms with Gasteiger partial charge in [0.05, 0.1) is 6.54 Å². The van der Waals surface area contributed by atoms with Crippen LogP contribution in [-0.2, 0) is 14.4 Å². The average Bonchev–Trinajstić information content (AvgIpc) is 3.23. The quantitative estimate of drug-likeness (QED) is 0.822. The van der Waals surface area contributed by atoms with Gasteiger partial charge in [-0.25, -0.2) is 0 Å². The molecule has 0 radical (unpaired) electrons. The zero-order valence-electron chi connectivity index (χ0n) is 12.8. The van der Waals surface area contributed by atoms with Crippen LogP contribution in [0.5, 0.6) is 0 Å². The van der Waals surface area contributed by atoms with E-state index < -0.39 is 5.91 Å². The summed E-state index contributed by atoms with van der Waals surface area (Å²) < 4.78 is 0. The van der Waals surface area contributed by atoms with Crippen LogP contribution >= 0.6 is 0 Å². The van der Waals surface area contributed by atoms with Crippen molar-refractivity contribution in [1.82, 2.24) is 5.32 Å². The van der Waals surface area contributed by atoms with Gasteiger partial charge >= 0.3 is 0 Å². The lowest BCUT2D eigenvalue weighted by Crippen LogP contribution is -2.45. The summed E-state index contributed by atoms with van der Waals surface area (Å²) in [6, 6.07) is 9.75. The molecule has 0 aliphatic carbocycles. The number of hydrogen-bond acceptors (Lipinski definition) is 5. The van der Waals surface area contributed by atoms with Crippen LogP contribution in [0.25, 0.3) is 0 Å². The Hall–Kier alpha value is -2.57. The highest BCUT2D eigenvalue weighted by molar-refractivity contribution is 6.38. The number of nitrogens with zero attached hydrogens (tertiary/aromatic N) is 2. The zero-order valence-corrected chi connectivity index (χ0v) is 12.8. The third-order valence-corrected chi connectivity index (χ3v) is 4.16. The molecular formula is C16H20N4O3. The number of oxime groups is 1. The average molecular weight is 316 g/mol. The van der Waals surface area contributed by atoms with Crippen molar-refractivity contribution in [2.45, 2.75) is 31.4 Å². The van der Waals surface area contributed by atoms with Crippen LogP contribution in [0, 0.1) is 0 Å². The topological polar surface area (TPSA) is 97.0 Å². The van der Waals surface area contributed by atoms with Gasteiger partial charge in [0.1, 0.15) is 11.8 Å². The van der Waals surface area contributed by atoms with Crippen LogP contribution in [0.1, 0.15) is 19.3 Å². The Balaban J connectivity index is 1.53. The third-order valence-electron chi connectivity index (χ3n) is 4.16. The summed E-state index contributed by atoms with van der Waals surface area (Å²) in [5, 5.41) is 6.53. The van der Waals surface area contributed by atoms with E-state index in [-0.39, 0.29) is 23.8 Å². The smallest absolute Gasteiger partial charge is 0.266 e.